The molecule has 0 fully saturated rings. The molecular formula is C27H34ClFN8. The zero-order valence-electron chi connectivity index (χ0n) is 22.0. The third kappa shape index (κ3) is 7.00. The fourth-order valence-corrected chi connectivity index (χ4v) is 3.75. The Balaban J connectivity index is 2.12. The number of hydrazine groups is 1. The first-order valence-corrected chi connectivity index (χ1v) is 12.2. The van der Waals surface area contributed by atoms with Gasteiger partial charge in [0.25, 0.3) is 0 Å². The second-order valence-electron chi connectivity index (χ2n) is 11.1. The summed E-state index contributed by atoms with van der Waals surface area (Å²) in [4.78, 5) is 8.20. The van der Waals surface area contributed by atoms with Gasteiger partial charge in [0.15, 0.2) is 0 Å². The van der Waals surface area contributed by atoms with Crippen molar-refractivity contribution in [1.29, 1.82) is 5.26 Å². The molecule has 1 atom stereocenters. The van der Waals surface area contributed by atoms with Gasteiger partial charge in [-0.2, -0.15) is 9.65 Å². The normalized spacial score (nSPS) is 13.2. The lowest BCUT2D eigenvalue weighted by atomic mass is 9.96. The maximum atomic E-state index is 13.6. The van der Waals surface area contributed by atoms with E-state index in [1.54, 1.807) is 18.3 Å². The molecule has 6 N–H and O–H groups in total. The molecule has 1 aromatic carbocycles. The minimum absolute atomic E-state index is 0.0248. The summed E-state index contributed by atoms with van der Waals surface area (Å²) in [5.74, 6) is 5.61. The third-order valence-electron chi connectivity index (χ3n) is 5.63. The lowest BCUT2D eigenvalue weighted by Crippen LogP contribution is -2.43. The summed E-state index contributed by atoms with van der Waals surface area (Å²) < 4.78 is 13.6. The van der Waals surface area contributed by atoms with Crippen LogP contribution in [0.4, 0.5) is 15.8 Å². The van der Waals surface area contributed by atoms with Gasteiger partial charge in [0, 0.05) is 41.8 Å². The Labute approximate surface area is 222 Å². The number of nitrogens with one attached hydrogen (secondary N) is 2. The Kier molecular flexibility index (Phi) is 8.16. The molecule has 0 radical (unpaired) electrons. The molecule has 2 aromatic heterocycles. The number of rotatable bonds is 7. The number of nitrogens with zero attached hydrogens (tertiary/aromatic N) is 4. The highest BCUT2D eigenvalue weighted by atomic mass is 35.5. The van der Waals surface area contributed by atoms with Gasteiger partial charge in [0.05, 0.1) is 33.5 Å². The van der Waals surface area contributed by atoms with Crippen molar-refractivity contribution >= 4 is 33.9 Å². The Bertz CT molecular complexity index is 1330. The monoisotopic (exact) mass is 524 g/mol. The molecule has 0 bridgehead atoms. The highest BCUT2D eigenvalue weighted by Crippen LogP contribution is 2.35. The molecule has 196 valence electrons. The van der Waals surface area contributed by atoms with E-state index in [9.17, 15) is 9.65 Å². The number of aromatic nitrogens is 2. The zero-order chi connectivity index (χ0) is 27.5. The number of pyridine rings is 2. The van der Waals surface area contributed by atoms with Crippen molar-refractivity contribution in [2.45, 2.75) is 53.1 Å². The van der Waals surface area contributed by atoms with Crippen LogP contribution in [-0.2, 0) is 0 Å². The van der Waals surface area contributed by atoms with E-state index in [0.717, 1.165) is 0 Å². The van der Waals surface area contributed by atoms with Crippen molar-refractivity contribution in [2.75, 3.05) is 17.2 Å². The summed E-state index contributed by atoms with van der Waals surface area (Å²) >= 11 is 6.64. The summed E-state index contributed by atoms with van der Waals surface area (Å²) in [5, 5.41) is 19.1. The molecule has 37 heavy (non-hydrogen) atoms. The zero-order valence-corrected chi connectivity index (χ0v) is 22.8. The van der Waals surface area contributed by atoms with Gasteiger partial charge in [-0.05, 0) is 49.9 Å². The summed E-state index contributed by atoms with van der Waals surface area (Å²) in [5.41, 5.74) is 9.37. The van der Waals surface area contributed by atoms with Crippen LogP contribution in [0, 0.1) is 22.7 Å². The smallest absolute Gasteiger partial charge is 0.212 e. The highest BCUT2D eigenvalue weighted by molar-refractivity contribution is 6.35. The number of halogens is 2. The Morgan fingerprint density at radius 2 is 1.89 bits per heavy atom. The van der Waals surface area contributed by atoms with Crippen molar-refractivity contribution in [3.05, 3.63) is 70.7 Å². The van der Waals surface area contributed by atoms with Crippen molar-refractivity contribution in [3.63, 3.8) is 0 Å². The molecule has 8 nitrogen and oxygen atoms in total. The lowest BCUT2D eigenvalue weighted by molar-refractivity contribution is 0.208. The van der Waals surface area contributed by atoms with E-state index in [2.05, 4.69) is 47.4 Å². The largest absolute Gasteiger partial charge is 0.399 e. The van der Waals surface area contributed by atoms with Gasteiger partial charge in [0.1, 0.15) is 6.07 Å². The van der Waals surface area contributed by atoms with Crippen molar-refractivity contribution < 1.29 is 4.39 Å². The average molecular weight is 525 g/mol. The summed E-state index contributed by atoms with van der Waals surface area (Å²) in [7, 11) is 0. The van der Waals surface area contributed by atoms with Gasteiger partial charge in [-0.15, -0.1) is 0 Å². The second-order valence-corrected chi connectivity index (χ2v) is 11.5. The Hall–Kier alpha value is -3.61. The molecule has 10 heteroatoms. The number of anilines is 2. The molecule has 0 saturated carbocycles. The van der Waals surface area contributed by atoms with Gasteiger partial charge in [0.2, 0.25) is 5.95 Å². The minimum Gasteiger partial charge on any atom is -0.399 e. The molecular weight excluding hydrogens is 491 g/mol. The quantitative estimate of drug-likeness (QED) is 0.176. The van der Waals surface area contributed by atoms with E-state index in [4.69, 9.17) is 23.2 Å². The van der Waals surface area contributed by atoms with E-state index in [1.165, 1.54) is 23.5 Å². The van der Waals surface area contributed by atoms with Crippen LogP contribution in [-0.4, -0.2) is 27.1 Å². The molecule has 3 aromatic rings. The maximum absolute atomic E-state index is 13.6. The van der Waals surface area contributed by atoms with Crippen LogP contribution in [0.3, 0.4) is 0 Å². The number of hydrogen-bond acceptors (Lipinski definition) is 8. The first kappa shape index (κ1) is 28.0. The van der Waals surface area contributed by atoms with Crippen molar-refractivity contribution in [2.24, 2.45) is 17.0 Å². The molecule has 0 aliphatic carbocycles. The predicted octanol–water partition coefficient (Wildman–Crippen LogP) is 5.68. The van der Waals surface area contributed by atoms with Crippen LogP contribution in [0.25, 0.3) is 10.9 Å². The van der Waals surface area contributed by atoms with Crippen molar-refractivity contribution in [3.8, 4) is 6.07 Å². The first-order chi connectivity index (χ1) is 17.2. The van der Waals surface area contributed by atoms with Gasteiger partial charge < -0.3 is 21.4 Å². The number of nitriles is 1. The van der Waals surface area contributed by atoms with Crippen LogP contribution in [0.1, 0.15) is 58.7 Å². The fourth-order valence-electron chi connectivity index (χ4n) is 3.48. The number of hydrogen-bond donors (Lipinski definition) is 4. The summed E-state index contributed by atoms with van der Waals surface area (Å²) in [6.45, 7) is 12.8. The summed E-state index contributed by atoms with van der Waals surface area (Å²) in [6, 6.07) is 8.07. The van der Waals surface area contributed by atoms with Crippen LogP contribution in [0.2, 0.25) is 5.02 Å². The molecule has 0 aliphatic rings. The van der Waals surface area contributed by atoms with Crippen molar-refractivity contribution in [1.82, 2.24) is 15.0 Å². The molecule has 0 saturated heterocycles. The molecule has 2 heterocycles. The van der Waals surface area contributed by atoms with Gasteiger partial charge in [-0.1, -0.05) is 38.4 Å². The molecule has 0 aliphatic heterocycles. The van der Waals surface area contributed by atoms with Gasteiger partial charge >= 0.3 is 0 Å². The predicted molar refractivity (Wildman–Crippen MR) is 148 cm³/mol. The summed E-state index contributed by atoms with van der Waals surface area (Å²) in [6.07, 6.45) is 4.57. The second kappa shape index (κ2) is 10.8. The fraction of sp³-hybridized carbons (Fsp3) is 0.370. The number of benzene rings is 1. The average Bonchev–Trinajstić information content (AvgIpc) is 2.80. The van der Waals surface area contributed by atoms with E-state index in [-0.39, 0.29) is 11.0 Å². The minimum atomic E-state index is -0.604. The standard InChI is InChI=1S/C27H34ClFN8/c1-26(2,3)15-35-23-17(11-30)13-34-25-19(23)9-18(10-20(25)28)36-24(16-7-8-22(29)33-12-16)21(31)14-37(32)27(4,5)6/h7-10,12-14,24,36H,15,31-32H2,1-6H3,(H,34,35)/b21-14-. The van der Waals surface area contributed by atoms with Crippen LogP contribution in [0.15, 0.2) is 48.6 Å². The maximum Gasteiger partial charge on any atom is 0.212 e. The van der Waals surface area contributed by atoms with Crippen LogP contribution < -0.4 is 22.2 Å². The lowest BCUT2D eigenvalue weighted by Gasteiger charge is -2.31. The molecule has 1 unspecified atom stereocenters. The van der Waals surface area contributed by atoms with E-state index >= 15 is 0 Å². The topological polar surface area (TPSA) is 129 Å². The number of fused-ring (bicyclic) bond motifs is 1. The van der Waals surface area contributed by atoms with Gasteiger partial charge in [-0.25, -0.2) is 10.8 Å². The van der Waals surface area contributed by atoms with Crippen LogP contribution in [0.5, 0.6) is 0 Å². The highest BCUT2D eigenvalue weighted by Gasteiger charge is 2.22. The number of nitrogens with two attached hydrogens (primary N) is 2. The SMILES string of the molecule is CC(C)(C)CNc1c(C#N)cnc2c(Cl)cc(NC(/C(N)=C/N(N)C(C)(C)C)c3ccc(F)nc3)cc12. The molecule has 0 spiro atoms. The first-order valence-electron chi connectivity index (χ1n) is 11.8. The van der Waals surface area contributed by atoms with E-state index < -0.39 is 12.0 Å². The van der Waals surface area contributed by atoms with E-state index in [0.29, 0.717) is 50.7 Å². The Morgan fingerprint density at radius 3 is 2.46 bits per heavy atom. The Morgan fingerprint density at radius 1 is 1.19 bits per heavy atom. The van der Waals surface area contributed by atoms with Gasteiger partial charge in [-0.3, -0.25) is 4.98 Å². The molecule has 3 rings (SSSR count). The van der Waals surface area contributed by atoms with E-state index in [1.807, 2.05) is 26.8 Å². The third-order valence-corrected chi connectivity index (χ3v) is 5.92. The molecule has 0 amide bonds. The van der Waals surface area contributed by atoms with Crippen LogP contribution >= 0.6 is 11.6 Å².